The number of aromatic nitrogens is 2. The van der Waals surface area contributed by atoms with Crippen molar-refractivity contribution in [1.82, 2.24) is 14.5 Å². The van der Waals surface area contributed by atoms with Gasteiger partial charge in [0, 0.05) is 23.5 Å². The van der Waals surface area contributed by atoms with Gasteiger partial charge in [-0.3, -0.25) is 19.2 Å². The summed E-state index contributed by atoms with van der Waals surface area (Å²) in [5.41, 5.74) is 6.17. The second-order valence-electron chi connectivity index (χ2n) is 7.96. The molecule has 0 radical (unpaired) electrons. The van der Waals surface area contributed by atoms with E-state index < -0.39 is 0 Å². The molecule has 2 aromatic carbocycles. The third kappa shape index (κ3) is 3.59. The number of anilines is 2. The highest BCUT2D eigenvalue weighted by Gasteiger charge is 2.28. The van der Waals surface area contributed by atoms with Gasteiger partial charge in [-0.15, -0.1) is 0 Å². The van der Waals surface area contributed by atoms with E-state index in [9.17, 15) is 4.79 Å². The first-order valence-corrected chi connectivity index (χ1v) is 10.2. The minimum absolute atomic E-state index is 0.0206. The van der Waals surface area contributed by atoms with Gasteiger partial charge in [-0.05, 0) is 62.6 Å². The van der Waals surface area contributed by atoms with Gasteiger partial charge in [-0.25, -0.2) is 4.98 Å². The number of aryl methyl sites for hydroxylation is 2. The van der Waals surface area contributed by atoms with Gasteiger partial charge in [0.2, 0.25) is 5.95 Å². The lowest BCUT2D eigenvalue weighted by atomic mass is 10.1. The number of benzene rings is 2. The van der Waals surface area contributed by atoms with Crippen molar-refractivity contribution in [2.24, 2.45) is 0 Å². The van der Waals surface area contributed by atoms with Crippen LogP contribution in [0.15, 0.2) is 47.3 Å². The number of nitrogens with zero attached hydrogens (tertiary/aromatic N) is 4. The fourth-order valence-corrected chi connectivity index (χ4v) is 3.88. The van der Waals surface area contributed by atoms with Crippen LogP contribution in [-0.2, 0) is 13.2 Å². The first kappa shape index (κ1) is 20.2. The Balaban J connectivity index is 1.77. The van der Waals surface area contributed by atoms with Crippen molar-refractivity contribution in [3.63, 3.8) is 0 Å². The smallest absolute Gasteiger partial charge is 0.259 e. The van der Waals surface area contributed by atoms with Gasteiger partial charge in [0.15, 0.2) is 0 Å². The number of rotatable bonds is 4. The Labute approximate surface area is 177 Å². The van der Waals surface area contributed by atoms with Crippen LogP contribution in [0, 0.1) is 27.7 Å². The lowest BCUT2D eigenvalue weighted by Crippen LogP contribution is -2.47. The van der Waals surface area contributed by atoms with Crippen LogP contribution in [0.1, 0.15) is 27.9 Å². The van der Waals surface area contributed by atoms with Crippen LogP contribution in [0.25, 0.3) is 0 Å². The quantitative estimate of drug-likeness (QED) is 0.657. The zero-order chi connectivity index (χ0) is 21.4. The van der Waals surface area contributed by atoms with Crippen LogP contribution in [0.5, 0.6) is 5.75 Å². The fourth-order valence-electron chi connectivity index (χ4n) is 3.88. The molecule has 4 rings (SSSR count). The molecule has 0 saturated heterocycles. The molecule has 0 fully saturated rings. The molecule has 0 unspecified atom stereocenters. The average molecular weight is 405 g/mol. The van der Waals surface area contributed by atoms with E-state index in [0.29, 0.717) is 24.8 Å². The largest absolute Gasteiger partial charge is 0.497 e. The second-order valence-corrected chi connectivity index (χ2v) is 7.96. The molecule has 0 spiro atoms. The van der Waals surface area contributed by atoms with Crippen LogP contribution in [0.2, 0.25) is 0 Å². The molecule has 156 valence electrons. The van der Waals surface area contributed by atoms with Crippen LogP contribution in [0.4, 0.5) is 11.6 Å². The van der Waals surface area contributed by atoms with Crippen molar-refractivity contribution in [2.75, 3.05) is 18.7 Å². The molecule has 6 heteroatoms. The number of hydrogen-bond acceptors (Lipinski definition) is 5. The van der Waals surface area contributed by atoms with Crippen LogP contribution >= 0.6 is 0 Å². The van der Waals surface area contributed by atoms with Crippen molar-refractivity contribution in [3.05, 3.63) is 80.8 Å². The van der Waals surface area contributed by atoms with Crippen LogP contribution < -0.4 is 15.2 Å². The summed E-state index contributed by atoms with van der Waals surface area (Å²) in [5, 5.41) is 0. The monoisotopic (exact) mass is 404 g/mol. The third-order valence-corrected chi connectivity index (χ3v) is 5.97. The number of ether oxygens (including phenoxy) is 1. The van der Waals surface area contributed by atoms with Crippen molar-refractivity contribution < 1.29 is 4.74 Å². The van der Waals surface area contributed by atoms with E-state index >= 15 is 0 Å². The van der Waals surface area contributed by atoms with Gasteiger partial charge in [0.05, 0.1) is 20.4 Å². The molecule has 0 amide bonds. The lowest BCUT2D eigenvalue weighted by Gasteiger charge is -2.39. The van der Waals surface area contributed by atoms with E-state index in [2.05, 4.69) is 54.0 Å². The third-order valence-electron chi connectivity index (χ3n) is 5.97. The molecule has 0 saturated carbocycles. The standard InChI is InChI=1S/C24H28N4O2/c1-16-7-6-8-22(17(16)2)27-14-26(13-20-9-11-21(30-5)12-10-20)15-28-23(29)18(3)19(4)25-24(27)28/h6-12H,13-15H2,1-5H3. The Morgan fingerprint density at radius 1 is 0.967 bits per heavy atom. The Morgan fingerprint density at radius 3 is 2.40 bits per heavy atom. The molecular weight excluding hydrogens is 376 g/mol. The van der Waals surface area contributed by atoms with Gasteiger partial charge in [0.25, 0.3) is 5.56 Å². The summed E-state index contributed by atoms with van der Waals surface area (Å²) in [7, 11) is 1.67. The molecule has 0 aliphatic carbocycles. The molecule has 3 aromatic rings. The summed E-state index contributed by atoms with van der Waals surface area (Å²) in [6.07, 6.45) is 0. The van der Waals surface area contributed by atoms with E-state index in [1.54, 1.807) is 11.7 Å². The van der Waals surface area contributed by atoms with Crippen LogP contribution in [-0.4, -0.2) is 28.2 Å². The van der Waals surface area contributed by atoms with E-state index in [0.717, 1.165) is 23.7 Å². The minimum Gasteiger partial charge on any atom is -0.497 e. The maximum atomic E-state index is 13.1. The second kappa shape index (κ2) is 7.95. The highest BCUT2D eigenvalue weighted by molar-refractivity contribution is 5.64. The summed E-state index contributed by atoms with van der Waals surface area (Å²) < 4.78 is 7.06. The molecule has 30 heavy (non-hydrogen) atoms. The highest BCUT2D eigenvalue weighted by atomic mass is 16.5. The average Bonchev–Trinajstić information content (AvgIpc) is 2.75. The summed E-state index contributed by atoms with van der Waals surface area (Å²) in [5.74, 6) is 1.55. The summed E-state index contributed by atoms with van der Waals surface area (Å²) in [6.45, 7) is 9.88. The molecule has 0 bridgehead atoms. The molecule has 1 aliphatic heterocycles. The number of hydrogen-bond donors (Lipinski definition) is 0. The Morgan fingerprint density at radius 2 is 1.70 bits per heavy atom. The van der Waals surface area contributed by atoms with Crippen molar-refractivity contribution in [2.45, 2.75) is 40.9 Å². The summed E-state index contributed by atoms with van der Waals surface area (Å²) in [4.78, 5) is 22.3. The van der Waals surface area contributed by atoms with Gasteiger partial charge in [0.1, 0.15) is 5.75 Å². The predicted octanol–water partition coefficient (Wildman–Crippen LogP) is 4.05. The zero-order valence-corrected chi connectivity index (χ0v) is 18.3. The van der Waals surface area contributed by atoms with Crippen molar-refractivity contribution in [1.29, 1.82) is 0 Å². The van der Waals surface area contributed by atoms with E-state index in [-0.39, 0.29) is 5.56 Å². The lowest BCUT2D eigenvalue weighted by molar-refractivity contribution is 0.189. The number of fused-ring (bicyclic) bond motifs is 1. The number of methoxy groups -OCH3 is 1. The Kier molecular flexibility index (Phi) is 5.35. The maximum absolute atomic E-state index is 13.1. The molecule has 0 N–H and O–H groups in total. The van der Waals surface area contributed by atoms with E-state index in [1.165, 1.54) is 16.7 Å². The highest BCUT2D eigenvalue weighted by Crippen LogP contribution is 2.32. The SMILES string of the molecule is COc1ccc(CN2CN(c3cccc(C)c3C)c3nc(C)c(C)c(=O)n3C2)cc1. The fraction of sp³-hybridized carbons (Fsp3) is 0.333. The molecule has 1 aromatic heterocycles. The van der Waals surface area contributed by atoms with Gasteiger partial charge in [-0.1, -0.05) is 24.3 Å². The first-order valence-electron chi connectivity index (χ1n) is 10.2. The molecule has 6 nitrogen and oxygen atoms in total. The van der Waals surface area contributed by atoms with Crippen molar-refractivity contribution in [3.8, 4) is 5.75 Å². The normalized spacial score (nSPS) is 14.0. The van der Waals surface area contributed by atoms with Gasteiger partial charge >= 0.3 is 0 Å². The minimum atomic E-state index is 0.0206. The first-order chi connectivity index (χ1) is 14.4. The molecule has 0 atom stereocenters. The van der Waals surface area contributed by atoms with E-state index in [4.69, 9.17) is 9.72 Å². The van der Waals surface area contributed by atoms with Crippen molar-refractivity contribution >= 4 is 11.6 Å². The van der Waals surface area contributed by atoms with Gasteiger partial charge in [-0.2, -0.15) is 0 Å². The molecular formula is C24H28N4O2. The maximum Gasteiger partial charge on any atom is 0.259 e. The van der Waals surface area contributed by atoms with Gasteiger partial charge < -0.3 is 4.74 Å². The Hall–Kier alpha value is -3.12. The van der Waals surface area contributed by atoms with E-state index in [1.807, 2.05) is 26.0 Å². The Bertz CT molecular complexity index is 1140. The topological polar surface area (TPSA) is 50.6 Å². The summed E-state index contributed by atoms with van der Waals surface area (Å²) >= 11 is 0. The van der Waals surface area contributed by atoms with Crippen LogP contribution in [0.3, 0.4) is 0 Å². The molecule has 1 aliphatic rings. The molecule has 2 heterocycles. The zero-order valence-electron chi connectivity index (χ0n) is 18.3. The summed E-state index contributed by atoms with van der Waals surface area (Å²) in [6, 6.07) is 14.3. The predicted molar refractivity (Wildman–Crippen MR) is 119 cm³/mol.